The van der Waals surface area contributed by atoms with Crippen LogP contribution >= 0.6 is 0 Å². The summed E-state index contributed by atoms with van der Waals surface area (Å²) in [7, 11) is 1.57. The van der Waals surface area contributed by atoms with Crippen LogP contribution < -0.4 is 19.9 Å². The van der Waals surface area contributed by atoms with Gasteiger partial charge in [0.05, 0.1) is 18.7 Å². The van der Waals surface area contributed by atoms with Crippen LogP contribution in [0.1, 0.15) is 19.3 Å². The maximum atomic E-state index is 12.7. The van der Waals surface area contributed by atoms with Gasteiger partial charge in [-0.05, 0) is 49.2 Å². The average molecular weight is 379 g/mol. The van der Waals surface area contributed by atoms with Gasteiger partial charge in [0.15, 0.2) is 0 Å². The van der Waals surface area contributed by atoms with Crippen LogP contribution in [0.2, 0.25) is 0 Å². The van der Waals surface area contributed by atoms with Gasteiger partial charge >= 0.3 is 0 Å². The fourth-order valence-electron chi connectivity index (χ4n) is 3.93. The van der Waals surface area contributed by atoms with Gasteiger partial charge in [-0.2, -0.15) is 0 Å². The van der Waals surface area contributed by atoms with Gasteiger partial charge in [0, 0.05) is 37.4 Å². The van der Waals surface area contributed by atoms with Gasteiger partial charge < -0.3 is 19.9 Å². The Morgan fingerprint density at radius 1 is 1.04 bits per heavy atom. The van der Waals surface area contributed by atoms with E-state index < -0.39 is 0 Å². The fourth-order valence-corrected chi connectivity index (χ4v) is 3.93. The maximum absolute atomic E-state index is 12.7. The molecule has 0 spiro atoms. The molecular weight excluding hydrogens is 354 g/mol. The third-order valence-corrected chi connectivity index (χ3v) is 5.49. The number of nitrogens with zero attached hydrogens (tertiary/aromatic N) is 2. The van der Waals surface area contributed by atoms with Crippen molar-refractivity contribution in [2.45, 2.75) is 19.3 Å². The molecule has 2 amide bonds. The Labute approximate surface area is 165 Å². The molecule has 2 aromatic rings. The topological polar surface area (TPSA) is 61.9 Å². The van der Waals surface area contributed by atoms with E-state index in [9.17, 15) is 9.59 Å². The van der Waals surface area contributed by atoms with Gasteiger partial charge in [0.1, 0.15) is 5.75 Å². The van der Waals surface area contributed by atoms with E-state index in [1.807, 2.05) is 24.3 Å². The first-order valence-corrected chi connectivity index (χ1v) is 9.75. The number of para-hydroxylation sites is 2. The Morgan fingerprint density at radius 2 is 1.71 bits per heavy atom. The molecule has 2 aliphatic heterocycles. The van der Waals surface area contributed by atoms with Crippen LogP contribution in [0, 0.1) is 5.92 Å². The molecule has 0 aliphatic carbocycles. The van der Waals surface area contributed by atoms with E-state index in [1.165, 1.54) is 18.5 Å². The first-order valence-electron chi connectivity index (χ1n) is 9.75. The molecule has 6 heteroatoms. The lowest BCUT2D eigenvalue weighted by Gasteiger charge is -2.21. The highest BCUT2D eigenvalue weighted by atomic mass is 16.5. The molecule has 2 saturated heterocycles. The Bertz CT molecular complexity index is 860. The minimum Gasteiger partial charge on any atom is -0.495 e. The zero-order valence-electron chi connectivity index (χ0n) is 16.1. The van der Waals surface area contributed by atoms with Crippen molar-refractivity contribution in [3.05, 3.63) is 48.5 Å². The lowest BCUT2D eigenvalue weighted by Crippen LogP contribution is -2.28. The van der Waals surface area contributed by atoms with Crippen molar-refractivity contribution in [1.29, 1.82) is 0 Å². The minimum atomic E-state index is -0.379. The number of nitrogens with one attached hydrogen (secondary N) is 1. The number of ether oxygens (including phenoxy) is 1. The Kier molecular flexibility index (Phi) is 5.19. The highest BCUT2D eigenvalue weighted by Gasteiger charge is 2.35. The van der Waals surface area contributed by atoms with Gasteiger partial charge in [-0.3, -0.25) is 9.59 Å². The second-order valence-corrected chi connectivity index (χ2v) is 7.31. The lowest BCUT2D eigenvalue weighted by molar-refractivity contribution is -0.122. The predicted octanol–water partition coefficient (Wildman–Crippen LogP) is 3.29. The van der Waals surface area contributed by atoms with Gasteiger partial charge in [-0.1, -0.05) is 12.1 Å². The summed E-state index contributed by atoms with van der Waals surface area (Å²) in [6.45, 7) is 2.57. The molecule has 2 fully saturated rings. The van der Waals surface area contributed by atoms with E-state index in [2.05, 4.69) is 22.3 Å². The summed E-state index contributed by atoms with van der Waals surface area (Å²) >= 11 is 0. The van der Waals surface area contributed by atoms with Crippen LogP contribution in [0.3, 0.4) is 0 Å². The zero-order chi connectivity index (χ0) is 19.5. The van der Waals surface area contributed by atoms with Gasteiger partial charge in [-0.15, -0.1) is 0 Å². The molecule has 146 valence electrons. The van der Waals surface area contributed by atoms with E-state index in [4.69, 9.17) is 4.74 Å². The van der Waals surface area contributed by atoms with Crippen molar-refractivity contribution < 1.29 is 14.3 Å². The molecule has 4 rings (SSSR count). The summed E-state index contributed by atoms with van der Waals surface area (Å²) in [6.07, 6.45) is 2.68. The molecule has 1 N–H and O–H groups in total. The molecule has 2 aliphatic rings. The quantitative estimate of drug-likeness (QED) is 0.866. The number of hydrogen-bond donors (Lipinski definition) is 1. The third-order valence-electron chi connectivity index (χ3n) is 5.49. The van der Waals surface area contributed by atoms with Gasteiger partial charge in [-0.25, -0.2) is 0 Å². The van der Waals surface area contributed by atoms with Crippen molar-refractivity contribution >= 4 is 28.9 Å². The molecule has 2 aromatic carbocycles. The Balaban J connectivity index is 1.42. The molecule has 0 bridgehead atoms. The monoisotopic (exact) mass is 379 g/mol. The summed E-state index contributed by atoms with van der Waals surface area (Å²) in [5.41, 5.74) is 2.66. The largest absolute Gasteiger partial charge is 0.495 e. The molecule has 0 radical (unpaired) electrons. The number of hydrogen-bond acceptors (Lipinski definition) is 4. The van der Waals surface area contributed by atoms with Crippen molar-refractivity contribution in [2.75, 3.05) is 41.9 Å². The number of methoxy groups -OCH3 is 1. The van der Waals surface area contributed by atoms with Gasteiger partial charge in [0.25, 0.3) is 0 Å². The van der Waals surface area contributed by atoms with Crippen molar-refractivity contribution in [2.24, 2.45) is 5.92 Å². The highest BCUT2D eigenvalue weighted by Crippen LogP contribution is 2.30. The highest BCUT2D eigenvalue weighted by molar-refractivity contribution is 6.04. The van der Waals surface area contributed by atoms with Crippen LogP contribution in [0.25, 0.3) is 0 Å². The van der Waals surface area contributed by atoms with Crippen molar-refractivity contribution in [3.63, 3.8) is 0 Å². The first kappa shape index (κ1) is 18.3. The molecule has 1 unspecified atom stereocenters. The number of amides is 2. The van der Waals surface area contributed by atoms with Crippen LogP contribution in [0.4, 0.5) is 17.1 Å². The standard InChI is InChI=1S/C22H25N3O3/c1-28-20-7-3-2-6-19(20)23-22(27)16-14-21(26)25(15-16)18-10-8-17(9-11-18)24-12-4-5-13-24/h2-3,6-11,16H,4-5,12-15H2,1H3,(H,23,27). The molecule has 2 heterocycles. The number of carbonyl (C=O) groups is 2. The van der Waals surface area contributed by atoms with Crippen molar-refractivity contribution in [3.8, 4) is 5.75 Å². The molecule has 0 aromatic heterocycles. The zero-order valence-corrected chi connectivity index (χ0v) is 16.1. The van der Waals surface area contributed by atoms with Crippen molar-refractivity contribution in [1.82, 2.24) is 0 Å². The Hall–Kier alpha value is -3.02. The summed E-state index contributed by atoms with van der Waals surface area (Å²) in [5, 5.41) is 2.89. The van der Waals surface area contributed by atoms with Crippen LogP contribution in [0.15, 0.2) is 48.5 Å². The second kappa shape index (κ2) is 7.92. The van der Waals surface area contributed by atoms with E-state index in [0.717, 1.165) is 18.8 Å². The summed E-state index contributed by atoms with van der Waals surface area (Å²) in [6, 6.07) is 15.4. The van der Waals surface area contributed by atoms with Crippen LogP contribution in [-0.2, 0) is 9.59 Å². The van der Waals surface area contributed by atoms with Crippen LogP contribution in [0.5, 0.6) is 5.75 Å². The fraction of sp³-hybridized carbons (Fsp3) is 0.364. The Morgan fingerprint density at radius 3 is 2.43 bits per heavy atom. The third kappa shape index (κ3) is 3.67. The summed E-state index contributed by atoms with van der Waals surface area (Å²) in [4.78, 5) is 29.3. The minimum absolute atomic E-state index is 0.0194. The number of carbonyl (C=O) groups excluding carboxylic acids is 2. The number of benzene rings is 2. The summed E-state index contributed by atoms with van der Waals surface area (Å²) in [5.74, 6) is 0.0494. The lowest BCUT2D eigenvalue weighted by atomic mass is 10.1. The first-order chi connectivity index (χ1) is 13.7. The van der Waals surface area contributed by atoms with E-state index in [0.29, 0.717) is 18.0 Å². The number of anilines is 3. The number of rotatable bonds is 5. The van der Waals surface area contributed by atoms with Crippen LogP contribution in [-0.4, -0.2) is 38.6 Å². The van der Waals surface area contributed by atoms with Gasteiger partial charge in [0.2, 0.25) is 11.8 Å². The normalized spacial score (nSPS) is 19.2. The maximum Gasteiger partial charge on any atom is 0.229 e. The molecular formula is C22H25N3O3. The predicted molar refractivity (Wildman–Crippen MR) is 110 cm³/mol. The van der Waals surface area contributed by atoms with E-state index in [1.54, 1.807) is 24.1 Å². The SMILES string of the molecule is COc1ccccc1NC(=O)C1CC(=O)N(c2ccc(N3CCCC3)cc2)C1. The van der Waals surface area contributed by atoms with E-state index >= 15 is 0 Å². The smallest absolute Gasteiger partial charge is 0.229 e. The molecule has 6 nitrogen and oxygen atoms in total. The molecule has 0 saturated carbocycles. The second-order valence-electron chi connectivity index (χ2n) is 7.31. The molecule has 1 atom stereocenters. The summed E-state index contributed by atoms with van der Waals surface area (Å²) < 4.78 is 5.28. The average Bonchev–Trinajstić information content (AvgIpc) is 3.38. The van der Waals surface area contributed by atoms with E-state index in [-0.39, 0.29) is 24.2 Å². The molecule has 28 heavy (non-hydrogen) atoms.